The molecule has 1 N–H and O–H groups in total. The normalized spacial score (nSPS) is 13.2. The molecule has 6 rings (SSSR count). The second-order valence-electron chi connectivity index (χ2n) is 10.2. The molecule has 1 aliphatic heterocycles. The Balaban J connectivity index is 1.21. The Morgan fingerprint density at radius 1 is 0.725 bits per heavy atom. The van der Waals surface area contributed by atoms with Gasteiger partial charge in [0.2, 0.25) is 0 Å². The minimum atomic E-state index is -0.242. The van der Waals surface area contributed by atoms with Gasteiger partial charge in [-0.15, -0.1) is 0 Å². The van der Waals surface area contributed by atoms with Gasteiger partial charge in [-0.1, -0.05) is 66.7 Å². The number of aromatic nitrogens is 1. The fourth-order valence-electron chi connectivity index (χ4n) is 5.35. The number of rotatable bonds is 7. The number of aryl methyl sites for hydroxylation is 1. The zero-order chi connectivity index (χ0) is 27.3. The molecule has 1 aliphatic rings. The van der Waals surface area contributed by atoms with Crippen LogP contribution in [0.15, 0.2) is 120 Å². The van der Waals surface area contributed by atoms with Crippen molar-refractivity contribution in [3.63, 3.8) is 0 Å². The van der Waals surface area contributed by atoms with Crippen LogP contribution in [-0.2, 0) is 0 Å². The third kappa shape index (κ3) is 5.32. The molecule has 1 aromatic heterocycles. The van der Waals surface area contributed by atoms with Crippen LogP contribution >= 0.6 is 0 Å². The number of hydrogen-bond donors (Lipinski definition) is 1. The van der Waals surface area contributed by atoms with Gasteiger partial charge in [0.15, 0.2) is 0 Å². The topological polar surface area (TPSA) is 49.6 Å². The van der Waals surface area contributed by atoms with Gasteiger partial charge < -0.3 is 9.47 Å². The zero-order valence-corrected chi connectivity index (χ0v) is 22.6. The molecule has 198 valence electrons. The molecule has 1 saturated heterocycles. The van der Waals surface area contributed by atoms with Crippen LogP contribution in [0.2, 0.25) is 0 Å². The SMILES string of the molecule is Cc1cc(N2CCCC2)ccc1/C=N\NC(=O)c1ccc(-n2c(-c3ccccc3)ccc2-c2ccccc2)cc1. The van der Waals surface area contributed by atoms with E-state index in [0.717, 1.165) is 52.4 Å². The van der Waals surface area contributed by atoms with E-state index in [1.165, 1.54) is 18.5 Å². The molecule has 4 aromatic carbocycles. The van der Waals surface area contributed by atoms with Gasteiger partial charge >= 0.3 is 0 Å². The molecular formula is C35H32N4O. The van der Waals surface area contributed by atoms with E-state index < -0.39 is 0 Å². The highest BCUT2D eigenvalue weighted by Gasteiger charge is 2.15. The fraction of sp³-hybridized carbons (Fsp3) is 0.143. The molecule has 0 aliphatic carbocycles. The van der Waals surface area contributed by atoms with Crippen molar-refractivity contribution in [3.05, 3.63) is 132 Å². The molecule has 2 heterocycles. The van der Waals surface area contributed by atoms with Crippen molar-refractivity contribution in [3.8, 4) is 28.2 Å². The first-order valence-corrected chi connectivity index (χ1v) is 13.8. The summed E-state index contributed by atoms with van der Waals surface area (Å²) in [5, 5.41) is 4.24. The summed E-state index contributed by atoms with van der Waals surface area (Å²) < 4.78 is 2.24. The van der Waals surface area contributed by atoms with Crippen LogP contribution in [0.1, 0.15) is 34.3 Å². The number of hydrogen-bond acceptors (Lipinski definition) is 3. The van der Waals surface area contributed by atoms with E-state index in [1.54, 1.807) is 6.21 Å². The minimum absolute atomic E-state index is 0.242. The quantitative estimate of drug-likeness (QED) is 0.177. The van der Waals surface area contributed by atoms with Gasteiger partial charge in [0.25, 0.3) is 5.91 Å². The average Bonchev–Trinajstić information content (AvgIpc) is 3.70. The number of carbonyl (C=O) groups is 1. The largest absolute Gasteiger partial charge is 0.372 e. The van der Waals surface area contributed by atoms with Crippen LogP contribution in [0.25, 0.3) is 28.2 Å². The molecule has 0 saturated carbocycles. The maximum atomic E-state index is 12.9. The molecule has 1 amide bonds. The smallest absolute Gasteiger partial charge is 0.271 e. The molecular weight excluding hydrogens is 492 g/mol. The summed E-state index contributed by atoms with van der Waals surface area (Å²) in [7, 11) is 0. The molecule has 0 spiro atoms. The van der Waals surface area contributed by atoms with E-state index in [1.807, 2.05) is 60.7 Å². The summed E-state index contributed by atoms with van der Waals surface area (Å²) in [4.78, 5) is 15.3. The minimum Gasteiger partial charge on any atom is -0.372 e. The van der Waals surface area contributed by atoms with Crippen molar-refractivity contribution in [2.75, 3.05) is 18.0 Å². The summed E-state index contributed by atoms with van der Waals surface area (Å²) in [5.41, 5.74) is 12.0. The molecule has 5 nitrogen and oxygen atoms in total. The van der Waals surface area contributed by atoms with Gasteiger partial charge in [-0.05, 0) is 90.6 Å². The molecule has 0 radical (unpaired) electrons. The van der Waals surface area contributed by atoms with Crippen LogP contribution in [-0.4, -0.2) is 29.8 Å². The highest BCUT2D eigenvalue weighted by molar-refractivity contribution is 5.95. The number of nitrogens with zero attached hydrogens (tertiary/aromatic N) is 3. The van der Waals surface area contributed by atoms with Crippen LogP contribution in [0.3, 0.4) is 0 Å². The predicted molar refractivity (Wildman–Crippen MR) is 164 cm³/mol. The van der Waals surface area contributed by atoms with Gasteiger partial charge in [0.05, 0.1) is 17.6 Å². The summed E-state index contributed by atoms with van der Waals surface area (Å²) in [6.45, 7) is 4.32. The Morgan fingerprint density at radius 3 is 1.88 bits per heavy atom. The van der Waals surface area contributed by atoms with E-state index in [9.17, 15) is 4.79 Å². The third-order valence-electron chi connectivity index (χ3n) is 7.50. The Bertz CT molecular complexity index is 1570. The first-order valence-electron chi connectivity index (χ1n) is 13.8. The third-order valence-corrected chi connectivity index (χ3v) is 7.50. The summed E-state index contributed by atoms with van der Waals surface area (Å²) >= 11 is 0. The number of nitrogens with one attached hydrogen (secondary N) is 1. The van der Waals surface area contributed by atoms with Gasteiger partial charge in [0.1, 0.15) is 0 Å². The van der Waals surface area contributed by atoms with Crippen LogP contribution in [0, 0.1) is 6.92 Å². The maximum Gasteiger partial charge on any atom is 0.271 e. The van der Waals surface area contributed by atoms with Crippen molar-refractivity contribution < 1.29 is 4.79 Å². The Labute approximate surface area is 235 Å². The van der Waals surface area contributed by atoms with E-state index >= 15 is 0 Å². The summed E-state index contributed by atoms with van der Waals surface area (Å²) in [6, 6.07) is 39.0. The van der Waals surface area contributed by atoms with Gasteiger partial charge in [-0.25, -0.2) is 5.43 Å². The lowest BCUT2D eigenvalue weighted by Gasteiger charge is -2.18. The van der Waals surface area contributed by atoms with Crippen molar-refractivity contribution in [2.45, 2.75) is 19.8 Å². The molecule has 0 atom stereocenters. The molecule has 40 heavy (non-hydrogen) atoms. The summed E-state index contributed by atoms with van der Waals surface area (Å²) in [5.74, 6) is -0.242. The van der Waals surface area contributed by atoms with Crippen LogP contribution < -0.4 is 10.3 Å². The second-order valence-corrected chi connectivity index (χ2v) is 10.2. The molecule has 0 bridgehead atoms. The number of anilines is 1. The van der Waals surface area contributed by atoms with E-state index in [4.69, 9.17) is 0 Å². The van der Waals surface area contributed by atoms with Crippen molar-refractivity contribution in [1.82, 2.24) is 9.99 Å². The lowest BCUT2D eigenvalue weighted by Crippen LogP contribution is -2.18. The number of hydrazone groups is 1. The number of benzene rings is 4. The van der Waals surface area contributed by atoms with Crippen molar-refractivity contribution in [2.24, 2.45) is 5.10 Å². The molecule has 0 unspecified atom stereocenters. The van der Waals surface area contributed by atoms with Crippen molar-refractivity contribution in [1.29, 1.82) is 0 Å². The number of amides is 1. The first kappa shape index (κ1) is 25.4. The first-order chi connectivity index (χ1) is 19.7. The average molecular weight is 525 g/mol. The predicted octanol–water partition coefficient (Wildman–Crippen LogP) is 7.48. The second kappa shape index (κ2) is 11.5. The Hall–Kier alpha value is -4.90. The monoisotopic (exact) mass is 524 g/mol. The fourth-order valence-corrected chi connectivity index (χ4v) is 5.35. The Morgan fingerprint density at radius 2 is 1.30 bits per heavy atom. The Kier molecular flexibility index (Phi) is 7.27. The van der Waals surface area contributed by atoms with E-state index in [2.05, 4.69) is 81.5 Å². The van der Waals surface area contributed by atoms with Gasteiger partial charge in [-0.2, -0.15) is 5.10 Å². The van der Waals surface area contributed by atoms with E-state index in [0.29, 0.717) is 5.56 Å². The van der Waals surface area contributed by atoms with Gasteiger partial charge in [0, 0.05) is 30.0 Å². The zero-order valence-electron chi connectivity index (χ0n) is 22.6. The molecule has 1 fully saturated rings. The lowest BCUT2D eigenvalue weighted by molar-refractivity contribution is 0.0955. The number of carbonyl (C=O) groups excluding carboxylic acids is 1. The van der Waals surface area contributed by atoms with Crippen LogP contribution in [0.4, 0.5) is 5.69 Å². The lowest BCUT2D eigenvalue weighted by atomic mass is 10.1. The summed E-state index contributed by atoms with van der Waals surface area (Å²) in [6.07, 6.45) is 4.22. The molecule has 5 heteroatoms. The van der Waals surface area contributed by atoms with Gasteiger partial charge in [-0.3, -0.25) is 4.79 Å². The van der Waals surface area contributed by atoms with Crippen LogP contribution in [0.5, 0.6) is 0 Å². The highest BCUT2D eigenvalue weighted by atomic mass is 16.2. The van der Waals surface area contributed by atoms with E-state index in [-0.39, 0.29) is 5.91 Å². The highest BCUT2D eigenvalue weighted by Crippen LogP contribution is 2.32. The molecule has 5 aromatic rings. The maximum absolute atomic E-state index is 12.9. The standard InChI is InChI=1S/C35H32N4O/c1-26-24-32(38-22-8-9-23-38)19-16-30(26)25-36-37-35(40)29-14-17-31(18-15-29)39-33(27-10-4-2-5-11-27)20-21-34(39)28-12-6-3-7-13-28/h2-7,10-21,24-25H,8-9,22-23H2,1H3,(H,37,40)/b36-25-. The van der Waals surface area contributed by atoms with Crippen molar-refractivity contribution >= 4 is 17.8 Å².